The van der Waals surface area contributed by atoms with Crippen LogP contribution in [0.1, 0.15) is 6.92 Å². The van der Waals surface area contributed by atoms with E-state index >= 15 is 0 Å². The molecule has 7 heteroatoms. The predicted molar refractivity (Wildman–Crippen MR) is 42.9 cm³/mol. The highest BCUT2D eigenvalue weighted by atomic mass is 16.6. The first kappa shape index (κ1) is 13.3. The smallest absolute Gasteiger partial charge is 0.305 e. The normalized spacial score (nSPS) is 19.6. The van der Waals surface area contributed by atoms with Gasteiger partial charge in [-0.2, -0.15) is 0 Å². The fourth-order valence-corrected chi connectivity index (χ4v) is 0.744. The van der Waals surface area contributed by atoms with Crippen molar-refractivity contribution in [3.8, 4) is 0 Å². The number of aliphatic hydroxyl groups is 5. The van der Waals surface area contributed by atoms with Gasteiger partial charge in [0, 0.05) is 6.92 Å². The highest BCUT2D eigenvalue weighted by molar-refractivity contribution is 5.66. The topological polar surface area (TPSA) is 127 Å². The van der Waals surface area contributed by atoms with Crippen molar-refractivity contribution in [3.63, 3.8) is 0 Å². The van der Waals surface area contributed by atoms with Crippen LogP contribution in [0.4, 0.5) is 0 Å². The molecule has 0 aliphatic rings. The summed E-state index contributed by atoms with van der Waals surface area (Å²) in [6, 6.07) is 0. The van der Waals surface area contributed by atoms with Crippen LogP contribution in [0.2, 0.25) is 0 Å². The zero-order valence-electron chi connectivity index (χ0n) is 7.57. The fraction of sp³-hybridized carbons (Fsp3) is 0.857. The molecule has 0 saturated heterocycles. The van der Waals surface area contributed by atoms with Crippen molar-refractivity contribution in [2.75, 3.05) is 6.61 Å². The second kappa shape index (κ2) is 5.89. The largest absolute Gasteiger partial charge is 0.433 e. The van der Waals surface area contributed by atoms with Crippen molar-refractivity contribution in [2.24, 2.45) is 0 Å². The van der Waals surface area contributed by atoms with Gasteiger partial charge in [-0.15, -0.1) is 0 Å². The molecule has 0 amide bonds. The molecule has 0 heterocycles. The summed E-state index contributed by atoms with van der Waals surface area (Å²) in [5.74, 6) is -0.845. The van der Waals surface area contributed by atoms with Crippen molar-refractivity contribution < 1.29 is 35.1 Å². The first-order valence-electron chi connectivity index (χ1n) is 3.90. The molecule has 0 aromatic rings. The molecule has 1 unspecified atom stereocenters. The van der Waals surface area contributed by atoms with Crippen LogP contribution < -0.4 is 0 Å². The number of esters is 1. The van der Waals surface area contributed by atoms with Gasteiger partial charge in [0.15, 0.2) is 0 Å². The third-order valence-electron chi connectivity index (χ3n) is 1.51. The van der Waals surface area contributed by atoms with E-state index in [9.17, 15) is 4.79 Å². The first-order chi connectivity index (χ1) is 6.40. The molecule has 84 valence electrons. The van der Waals surface area contributed by atoms with E-state index in [4.69, 9.17) is 25.5 Å². The summed E-state index contributed by atoms with van der Waals surface area (Å²) >= 11 is 0. The summed E-state index contributed by atoms with van der Waals surface area (Å²) in [5, 5.41) is 44.4. The van der Waals surface area contributed by atoms with Gasteiger partial charge in [-0.25, -0.2) is 0 Å². The Bertz CT molecular complexity index is 183. The van der Waals surface area contributed by atoms with E-state index in [1.54, 1.807) is 0 Å². The van der Waals surface area contributed by atoms with Crippen LogP contribution >= 0.6 is 0 Å². The Labute approximate surface area is 80.2 Å². The Balaban J connectivity index is 4.15. The minimum Gasteiger partial charge on any atom is -0.433 e. The SMILES string of the molecule is CC(=O)OC(O)[C@@H](O)[C@H](O)[C@H](O)CO. The lowest BCUT2D eigenvalue weighted by Gasteiger charge is -2.24. The van der Waals surface area contributed by atoms with Gasteiger partial charge >= 0.3 is 5.97 Å². The van der Waals surface area contributed by atoms with E-state index in [2.05, 4.69) is 4.74 Å². The Morgan fingerprint density at radius 2 is 1.71 bits per heavy atom. The lowest BCUT2D eigenvalue weighted by atomic mass is 10.1. The number of hydrogen-bond acceptors (Lipinski definition) is 7. The van der Waals surface area contributed by atoms with Gasteiger partial charge < -0.3 is 30.3 Å². The summed E-state index contributed by atoms with van der Waals surface area (Å²) in [5.41, 5.74) is 0. The van der Waals surface area contributed by atoms with Crippen LogP contribution in [0.15, 0.2) is 0 Å². The Kier molecular flexibility index (Phi) is 5.58. The van der Waals surface area contributed by atoms with Crippen molar-refractivity contribution >= 4 is 5.97 Å². The van der Waals surface area contributed by atoms with Gasteiger partial charge in [-0.1, -0.05) is 0 Å². The third kappa shape index (κ3) is 3.99. The summed E-state index contributed by atoms with van der Waals surface area (Å²) in [7, 11) is 0. The maximum Gasteiger partial charge on any atom is 0.305 e. The zero-order chi connectivity index (χ0) is 11.3. The van der Waals surface area contributed by atoms with Gasteiger partial charge in [0.1, 0.15) is 18.3 Å². The standard InChI is InChI=1S/C7H14O7/c1-3(9)14-7(13)6(12)5(11)4(10)2-8/h4-8,10-13H,2H2,1H3/t4-,5-,6+,7?/m1/s1. The summed E-state index contributed by atoms with van der Waals surface area (Å²) in [6.07, 6.45) is -7.23. The lowest BCUT2D eigenvalue weighted by molar-refractivity contribution is -0.207. The molecule has 5 N–H and O–H groups in total. The van der Waals surface area contributed by atoms with Gasteiger partial charge in [0.25, 0.3) is 0 Å². The molecule has 0 spiro atoms. The van der Waals surface area contributed by atoms with E-state index in [-0.39, 0.29) is 0 Å². The minimum absolute atomic E-state index is 0.787. The van der Waals surface area contributed by atoms with Crippen molar-refractivity contribution in [2.45, 2.75) is 31.5 Å². The summed E-state index contributed by atoms with van der Waals surface area (Å²) in [6.45, 7) is 0.218. The monoisotopic (exact) mass is 210 g/mol. The van der Waals surface area contributed by atoms with E-state index in [1.165, 1.54) is 0 Å². The van der Waals surface area contributed by atoms with Crippen molar-refractivity contribution in [1.82, 2.24) is 0 Å². The number of ether oxygens (including phenoxy) is 1. The van der Waals surface area contributed by atoms with Gasteiger partial charge in [-0.3, -0.25) is 4.79 Å². The van der Waals surface area contributed by atoms with E-state index in [1.807, 2.05) is 0 Å². The molecule has 0 aromatic heterocycles. The lowest BCUT2D eigenvalue weighted by Crippen LogP contribution is -2.47. The second-order valence-electron chi connectivity index (χ2n) is 2.73. The summed E-state index contributed by atoms with van der Waals surface area (Å²) < 4.78 is 4.14. The predicted octanol–water partition coefficient (Wildman–Crippen LogP) is -3.06. The molecule has 0 aliphatic heterocycles. The number of aliphatic hydroxyl groups excluding tert-OH is 5. The molecule has 0 saturated carbocycles. The highest BCUT2D eigenvalue weighted by Crippen LogP contribution is 2.06. The molecular weight excluding hydrogens is 196 g/mol. The quantitative estimate of drug-likeness (QED) is 0.241. The zero-order valence-corrected chi connectivity index (χ0v) is 7.57. The average molecular weight is 210 g/mol. The van der Waals surface area contributed by atoms with Crippen LogP contribution in [0.5, 0.6) is 0 Å². The number of carbonyl (C=O) groups excluding carboxylic acids is 1. The minimum atomic E-state index is -1.94. The maximum absolute atomic E-state index is 10.3. The van der Waals surface area contributed by atoms with Crippen LogP contribution in [0, 0.1) is 0 Å². The number of rotatable bonds is 5. The average Bonchev–Trinajstić information content (AvgIpc) is 2.13. The molecule has 4 atom stereocenters. The molecule has 0 rings (SSSR count). The Hall–Kier alpha value is -0.730. The van der Waals surface area contributed by atoms with E-state index in [0.717, 1.165) is 6.92 Å². The Morgan fingerprint density at radius 3 is 2.07 bits per heavy atom. The molecule has 0 bridgehead atoms. The van der Waals surface area contributed by atoms with Crippen LogP contribution in [-0.4, -0.2) is 62.7 Å². The summed E-state index contributed by atoms with van der Waals surface area (Å²) in [4.78, 5) is 10.3. The molecule has 0 aliphatic carbocycles. The first-order valence-corrected chi connectivity index (χ1v) is 3.90. The molecular formula is C7H14O7. The van der Waals surface area contributed by atoms with Crippen LogP contribution in [0.3, 0.4) is 0 Å². The van der Waals surface area contributed by atoms with Crippen molar-refractivity contribution in [3.05, 3.63) is 0 Å². The highest BCUT2D eigenvalue weighted by Gasteiger charge is 2.31. The fourth-order valence-electron chi connectivity index (χ4n) is 0.744. The third-order valence-corrected chi connectivity index (χ3v) is 1.51. The number of carbonyl (C=O) groups is 1. The number of hydrogen-bond donors (Lipinski definition) is 5. The van der Waals surface area contributed by atoms with Gasteiger partial charge in [0.05, 0.1) is 6.61 Å². The van der Waals surface area contributed by atoms with Crippen LogP contribution in [-0.2, 0) is 9.53 Å². The molecule has 0 radical (unpaired) electrons. The van der Waals surface area contributed by atoms with Gasteiger partial charge in [0.2, 0.25) is 6.29 Å². The van der Waals surface area contributed by atoms with E-state index < -0.39 is 37.2 Å². The van der Waals surface area contributed by atoms with Crippen LogP contribution in [0.25, 0.3) is 0 Å². The molecule has 7 nitrogen and oxygen atoms in total. The Morgan fingerprint density at radius 1 is 1.21 bits per heavy atom. The molecule has 0 fully saturated rings. The molecule has 14 heavy (non-hydrogen) atoms. The van der Waals surface area contributed by atoms with E-state index in [0.29, 0.717) is 0 Å². The molecule has 0 aromatic carbocycles. The van der Waals surface area contributed by atoms with Gasteiger partial charge in [-0.05, 0) is 0 Å². The van der Waals surface area contributed by atoms with Crippen molar-refractivity contribution in [1.29, 1.82) is 0 Å². The maximum atomic E-state index is 10.3. The second-order valence-corrected chi connectivity index (χ2v) is 2.73.